The number of nitrogens with one attached hydrogen (secondary N) is 1. The van der Waals surface area contributed by atoms with E-state index < -0.39 is 0 Å². The number of aromatic nitrogens is 2. The van der Waals surface area contributed by atoms with Crippen molar-refractivity contribution in [3.63, 3.8) is 0 Å². The Kier molecular flexibility index (Phi) is 4.21. The molecule has 104 valence electrons. The molecule has 0 fully saturated rings. The van der Waals surface area contributed by atoms with E-state index in [1.807, 2.05) is 6.20 Å². The Morgan fingerprint density at radius 2 is 2.10 bits per heavy atom. The Morgan fingerprint density at radius 3 is 3.00 bits per heavy atom. The summed E-state index contributed by atoms with van der Waals surface area (Å²) in [5, 5.41) is 4.22. The molecule has 0 amide bonds. The Hall–Kier alpha value is -1.55. The van der Waals surface area contributed by atoms with Gasteiger partial charge in [-0.1, -0.05) is 24.8 Å². The monoisotopic (exact) mass is 285 g/mol. The van der Waals surface area contributed by atoms with E-state index in [-0.39, 0.29) is 0 Å². The van der Waals surface area contributed by atoms with E-state index >= 15 is 0 Å². The van der Waals surface area contributed by atoms with Gasteiger partial charge in [-0.25, -0.2) is 4.98 Å². The molecule has 0 saturated heterocycles. The molecule has 2 aromatic rings. The van der Waals surface area contributed by atoms with Gasteiger partial charge in [0.05, 0.1) is 12.4 Å². The maximum absolute atomic E-state index is 4.59. The molecule has 0 unspecified atom stereocenters. The van der Waals surface area contributed by atoms with Crippen LogP contribution in [0.4, 0.5) is 5.82 Å². The van der Waals surface area contributed by atoms with Gasteiger partial charge in [0.2, 0.25) is 0 Å². The minimum absolute atomic E-state index is 0.859. The SMILES string of the molecule is CCCNc1cncc(Sc2ccc3c(c2)CCC3)n1. The summed E-state index contributed by atoms with van der Waals surface area (Å²) in [6.45, 7) is 3.07. The number of hydrogen-bond donors (Lipinski definition) is 1. The van der Waals surface area contributed by atoms with Crippen molar-refractivity contribution >= 4 is 17.6 Å². The molecular formula is C16H19N3S. The molecule has 3 nitrogen and oxygen atoms in total. The first-order chi connectivity index (χ1) is 9.85. The lowest BCUT2D eigenvalue weighted by Gasteiger charge is -2.06. The molecule has 1 heterocycles. The summed E-state index contributed by atoms with van der Waals surface area (Å²) >= 11 is 1.69. The second-order valence-electron chi connectivity index (χ2n) is 5.06. The van der Waals surface area contributed by atoms with E-state index in [2.05, 4.69) is 40.4 Å². The molecule has 1 aliphatic carbocycles. The zero-order chi connectivity index (χ0) is 13.8. The fourth-order valence-electron chi connectivity index (χ4n) is 2.47. The number of anilines is 1. The number of nitrogens with zero attached hydrogens (tertiary/aromatic N) is 2. The van der Waals surface area contributed by atoms with Crippen LogP contribution in [0.25, 0.3) is 0 Å². The normalized spacial score (nSPS) is 13.2. The quantitative estimate of drug-likeness (QED) is 0.903. The van der Waals surface area contributed by atoms with Crippen LogP contribution >= 0.6 is 11.8 Å². The lowest BCUT2D eigenvalue weighted by molar-refractivity contribution is 0.911. The second kappa shape index (κ2) is 6.27. The molecule has 0 saturated carbocycles. The maximum atomic E-state index is 4.59. The largest absolute Gasteiger partial charge is 0.369 e. The summed E-state index contributed by atoms with van der Waals surface area (Å²) in [6.07, 6.45) is 8.44. The highest BCUT2D eigenvalue weighted by molar-refractivity contribution is 7.99. The van der Waals surface area contributed by atoms with Crippen LogP contribution in [-0.2, 0) is 12.8 Å². The average Bonchev–Trinajstić information content (AvgIpc) is 2.93. The summed E-state index contributed by atoms with van der Waals surface area (Å²) in [5.74, 6) is 0.859. The minimum Gasteiger partial charge on any atom is -0.369 e. The molecule has 4 heteroatoms. The molecule has 0 aliphatic heterocycles. The zero-order valence-corrected chi connectivity index (χ0v) is 12.5. The predicted octanol–water partition coefficient (Wildman–Crippen LogP) is 3.94. The summed E-state index contributed by atoms with van der Waals surface area (Å²) in [5.41, 5.74) is 3.02. The van der Waals surface area contributed by atoms with Crippen LogP contribution in [0.2, 0.25) is 0 Å². The molecule has 0 radical (unpaired) electrons. The minimum atomic E-state index is 0.859. The highest BCUT2D eigenvalue weighted by atomic mass is 32.2. The molecular weight excluding hydrogens is 266 g/mol. The smallest absolute Gasteiger partial charge is 0.145 e. The van der Waals surface area contributed by atoms with Crippen molar-refractivity contribution in [1.82, 2.24) is 9.97 Å². The Bertz CT molecular complexity index is 598. The highest BCUT2D eigenvalue weighted by Gasteiger charge is 2.11. The molecule has 1 aromatic carbocycles. The molecule has 20 heavy (non-hydrogen) atoms. The van der Waals surface area contributed by atoms with Crippen molar-refractivity contribution in [1.29, 1.82) is 0 Å². The Balaban J connectivity index is 1.74. The van der Waals surface area contributed by atoms with Crippen molar-refractivity contribution in [2.45, 2.75) is 42.5 Å². The van der Waals surface area contributed by atoms with Crippen molar-refractivity contribution in [2.24, 2.45) is 0 Å². The number of benzene rings is 1. The Labute approximate surface area is 124 Å². The fourth-order valence-corrected chi connectivity index (χ4v) is 3.30. The van der Waals surface area contributed by atoms with Crippen LogP contribution in [0.3, 0.4) is 0 Å². The molecule has 1 aromatic heterocycles. The third-order valence-corrected chi connectivity index (χ3v) is 4.36. The standard InChI is InChI=1S/C16H19N3S/c1-2-8-18-15-10-17-11-16(19-15)20-14-7-6-12-4-3-5-13(12)9-14/h6-7,9-11H,2-5,8H2,1H3,(H,18,19). The number of rotatable bonds is 5. The van der Waals surface area contributed by atoms with Crippen LogP contribution in [0.1, 0.15) is 30.9 Å². The maximum Gasteiger partial charge on any atom is 0.145 e. The summed E-state index contributed by atoms with van der Waals surface area (Å²) < 4.78 is 0. The van der Waals surface area contributed by atoms with Crippen LogP contribution in [0.15, 0.2) is 40.5 Å². The first-order valence-corrected chi connectivity index (χ1v) is 8.02. The molecule has 0 atom stereocenters. The van der Waals surface area contributed by atoms with E-state index in [4.69, 9.17) is 0 Å². The zero-order valence-electron chi connectivity index (χ0n) is 11.7. The number of aryl methyl sites for hydroxylation is 2. The third-order valence-electron chi connectivity index (χ3n) is 3.46. The van der Waals surface area contributed by atoms with Crippen molar-refractivity contribution in [3.05, 3.63) is 41.7 Å². The van der Waals surface area contributed by atoms with Crippen LogP contribution in [0.5, 0.6) is 0 Å². The van der Waals surface area contributed by atoms with E-state index in [0.29, 0.717) is 0 Å². The van der Waals surface area contributed by atoms with Crippen LogP contribution in [0, 0.1) is 0 Å². The number of fused-ring (bicyclic) bond motifs is 1. The van der Waals surface area contributed by atoms with Gasteiger partial charge in [0.1, 0.15) is 10.8 Å². The van der Waals surface area contributed by atoms with Gasteiger partial charge in [0.15, 0.2) is 0 Å². The van der Waals surface area contributed by atoms with Gasteiger partial charge >= 0.3 is 0 Å². The van der Waals surface area contributed by atoms with Gasteiger partial charge < -0.3 is 5.32 Å². The third kappa shape index (κ3) is 3.12. The average molecular weight is 285 g/mol. The molecule has 0 bridgehead atoms. The first-order valence-electron chi connectivity index (χ1n) is 7.21. The summed E-state index contributed by atoms with van der Waals surface area (Å²) in [4.78, 5) is 10.1. The van der Waals surface area contributed by atoms with Crippen LogP contribution < -0.4 is 5.32 Å². The molecule has 1 N–H and O–H groups in total. The predicted molar refractivity (Wildman–Crippen MR) is 83.4 cm³/mol. The highest BCUT2D eigenvalue weighted by Crippen LogP contribution is 2.31. The van der Waals surface area contributed by atoms with Gasteiger partial charge in [-0.2, -0.15) is 0 Å². The molecule has 3 rings (SSSR count). The fraction of sp³-hybridized carbons (Fsp3) is 0.375. The van der Waals surface area contributed by atoms with Crippen molar-refractivity contribution in [3.8, 4) is 0 Å². The molecule has 0 spiro atoms. The lowest BCUT2D eigenvalue weighted by atomic mass is 10.1. The summed E-state index contributed by atoms with van der Waals surface area (Å²) in [6, 6.07) is 6.76. The van der Waals surface area contributed by atoms with Gasteiger partial charge in [-0.15, -0.1) is 0 Å². The lowest BCUT2D eigenvalue weighted by Crippen LogP contribution is -2.02. The van der Waals surface area contributed by atoms with Crippen molar-refractivity contribution in [2.75, 3.05) is 11.9 Å². The summed E-state index contributed by atoms with van der Waals surface area (Å²) in [7, 11) is 0. The van der Waals surface area contributed by atoms with E-state index in [1.54, 1.807) is 18.0 Å². The Morgan fingerprint density at radius 1 is 1.20 bits per heavy atom. The van der Waals surface area contributed by atoms with Gasteiger partial charge in [0, 0.05) is 11.4 Å². The first kappa shape index (κ1) is 13.4. The van der Waals surface area contributed by atoms with Gasteiger partial charge in [-0.05, 0) is 48.9 Å². The van der Waals surface area contributed by atoms with E-state index in [1.165, 1.54) is 35.3 Å². The van der Waals surface area contributed by atoms with E-state index in [0.717, 1.165) is 23.8 Å². The van der Waals surface area contributed by atoms with Crippen LogP contribution in [-0.4, -0.2) is 16.5 Å². The number of hydrogen-bond acceptors (Lipinski definition) is 4. The topological polar surface area (TPSA) is 37.8 Å². The van der Waals surface area contributed by atoms with Gasteiger partial charge in [0.25, 0.3) is 0 Å². The van der Waals surface area contributed by atoms with Gasteiger partial charge in [-0.3, -0.25) is 4.98 Å². The second-order valence-corrected chi connectivity index (χ2v) is 6.15. The molecule has 1 aliphatic rings. The van der Waals surface area contributed by atoms with E-state index in [9.17, 15) is 0 Å². The van der Waals surface area contributed by atoms with Crippen molar-refractivity contribution < 1.29 is 0 Å².